The quantitative estimate of drug-likeness (QED) is 0.764. The smallest absolute Gasteiger partial charge is 0.324 e. The van der Waals surface area contributed by atoms with Gasteiger partial charge in [-0.2, -0.15) is 13.2 Å². The second-order valence-electron chi connectivity index (χ2n) is 4.67. The first-order valence-corrected chi connectivity index (χ1v) is 7.31. The fourth-order valence-electron chi connectivity index (χ4n) is 2.04. The van der Waals surface area contributed by atoms with Crippen LogP contribution in [-0.2, 0) is 12.6 Å². The van der Waals surface area contributed by atoms with E-state index in [4.69, 9.17) is 17.3 Å². The van der Waals surface area contributed by atoms with Gasteiger partial charge in [-0.15, -0.1) is 0 Å². The maximum absolute atomic E-state index is 12.7. The summed E-state index contributed by atoms with van der Waals surface area (Å²) in [7, 11) is 0. The van der Waals surface area contributed by atoms with Gasteiger partial charge in [-0.1, -0.05) is 51.8 Å². The van der Waals surface area contributed by atoms with E-state index in [9.17, 15) is 13.2 Å². The lowest BCUT2D eigenvalue weighted by molar-refractivity contribution is -0.137. The van der Waals surface area contributed by atoms with E-state index in [1.165, 1.54) is 6.07 Å². The summed E-state index contributed by atoms with van der Waals surface area (Å²) in [6.07, 6.45) is -4.04. The molecule has 2 N–H and O–H groups in total. The monoisotopic (exact) mass is 377 g/mol. The van der Waals surface area contributed by atoms with Gasteiger partial charge in [0.05, 0.1) is 5.56 Å². The van der Waals surface area contributed by atoms with Gasteiger partial charge in [-0.25, -0.2) is 0 Å². The van der Waals surface area contributed by atoms with Gasteiger partial charge in [0.25, 0.3) is 0 Å². The molecule has 0 heterocycles. The molecule has 2 aromatic rings. The number of nitrogens with two attached hydrogens (primary N) is 1. The first-order chi connectivity index (χ1) is 9.77. The van der Waals surface area contributed by atoms with Gasteiger partial charge >= 0.3 is 6.18 Å². The van der Waals surface area contributed by atoms with E-state index in [1.807, 2.05) is 0 Å². The summed E-state index contributed by atoms with van der Waals surface area (Å²) in [6.45, 7) is 0. The molecule has 0 aliphatic heterocycles. The number of hydrogen-bond acceptors (Lipinski definition) is 1. The Morgan fingerprint density at radius 3 is 2.48 bits per heavy atom. The third-order valence-corrected chi connectivity index (χ3v) is 3.99. The Morgan fingerprint density at radius 2 is 1.86 bits per heavy atom. The molecule has 0 saturated heterocycles. The van der Waals surface area contributed by atoms with E-state index >= 15 is 0 Å². The molecule has 21 heavy (non-hydrogen) atoms. The molecule has 6 heteroatoms. The van der Waals surface area contributed by atoms with Crippen LogP contribution in [-0.4, -0.2) is 0 Å². The van der Waals surface area contributed by atoms with Crippen LogP contribution in [0.1, 0.15) is 22.7 Å². The zero-order valence-corrected chi connectivity index (χ0v) is 13.1. The molecule has 1 unspecified atom stereocenters. The molecular formula is C15H12BrClF3N. The Labute approximate surface area is 134 Å². The summed E-state index contributed by atoms with van der Waals surface area (Å²) < 4.78 is 38.8. The van der Waals surface area contributed by atoms with Crippen molar-refractivity contribution in [1.29, 1.82) is 0 Å². The predicted octanol–water partition coefficient (Wildman–Crippen LogP) is 5.36. The van der Waals surface area contributed by atoms with Crippen molar-refractivity contribution in [2.24, 2.45) is 5.73 Å². The van der Waals surface area contributed by atoms with E-state index in [-0.39, 0.29) is 0 Å². The fourth-order valence-corrected chi connectivity index (χ4v) is 3.02. The SMILES string of the molecule is NC(Cc1cccc(C(F)(F)F)c1)c1ccc(Cl)cc1Br. The highest BCUT2D eigenvalue weighted by Gasteiger charge is 2.30. The molecule has 1 nitrogen and oxygen atoms in total. The highest BCUT2D eigenvalue weighted by atomic mass is 79.9. The molecule has 0 aromatic heterocycles. The lowest BCUT2D eigenvalue weighted by Gasteiger charge is -2.15. The molecule has 0 aliphatic rings. The number of benzene rings is 2. The molecule has 2 rings (SSSR count). The molecule has 0 bridgehead atoms. The lowest BCUT2D eigenvalue weighted by atomic mass is 9.98. The largest absolute Gasteiger partial charge is 0.416 e. The minimum absolute atomic E-state index is 0.310. The van der Waals surface area contributed by atoms with Crippen molar-refractivity contribution in [1.82, 2.24) is 0 Å². The molecule has 0 spiro atoms. The standard InChI is InChI=1S/C15H12BrClF3N/c16-13-8-11(17)4-5-12(13)14(21)7-9-2-1-3-10(6-9)15(18,19)20/h1-6,8,14H,7,21H2. The van der Waals surface area contributed by atoms with Gasteiger partial charge in [-0.05, 0) is 35.7 Å². The molecule has 0 saturated carbocycles. The third kappa shape index (κ3) is 4.22. The van der Waals surface area contributed by atoms with Crippen LogP contribution in [0.4, 0.5) is 13.2 Å². The number of halogens is 5. The zero-order chi connectivity index (χ0) is 15.6. The summed E-state index contributed by atoms with van der Waals surface area (Å²) in [5.41, 5.74) is 6.76. The molecule has 0 fully saturated rings. The van der Waals surface area contributed by atoms with Crippen LogP contribution >= 0.6 is 27.5 Å². The van der Waals surface area contributed by atoms with Crippen LogP contribution in [0.15, 0.2) is 46.9 Å². The van der Waals surface area contributed by atoms with E-state index < -0.39 is 17.8 Å². The van der Waals surface area contributed by atoms with Crippen molar-refractivity contribution in [3.63, 3.8) is 0 Å². The first-order valence-electron chi connectivity index (χ1n) is 6.14. The number of alkyl halides is 3. The molecule has 0 amide bonds. The maximum atomic E-state index is 12.7. The van der Waals surface area contributed by atoms with Crippen molar-refractivity contribution in [3.8, 4) is 0 Å². The highest BCUT2D eigenvalue weighted by molar-refractivity contribution is 9.10. The minimum Gasteiger partial charge on any atom is -0.324 e. The van der Waals surface area contributed by atoms with E-state index in [2.05, 4.69) is 15.9 Å². The Hall–Kier alpha value is -1.04. The van der Waals surface area contributed by atoms with E-state index in [1.54, 1.807) is 24.3 Å². The van der Waals surface area contributed by atoms with Gasteiger partial charge in [-0.3, -0.25) is 0 Å². The summed E-state index contributed by atoms with van der Waals surface area (Å²) in [4.78, 5) is 0. The van der Waals surface area contributed by atoms with Crippen LogP contribution in [0.25, 0.3) is 0 Å². The molecule has 1 atom stereocenters. The summed E-state index contributed by atoms with van der Waals surface area (Å²) in [5.74, 6) is 0. The molecule has 112 valence electrons. The van der Waals surface area contributed by atoms with Gasteiger partial charge < -0.3 is 5.73 Å². The summed E-state index contributed by atoms with van der Waals surface area (Å²) in [5, 5.41) is 0.567. The third-order valence-electron chi connectivity index (χ3n) is 3.07. The molecular weight excluding hydrogens is 367 g/mol. The fraction of sp³-hybridized carbons (Fsp3) is 0.200. The van der Waals surface area contributed by atoms with Crippen molar-refractivity contribution in [3.05, 3.63) is 68.7 Å². The van der Waals surface area contributed by atoms with Crippen molar-refractivity contribution >= 4 is 27.5 Å². The van der Waals surface area contributed by atoms with Crippen molar-refractivity contribution in [2.75, 3.05) is 0 Å². The molecule has 0 aliphatic carbocycles. The average Bonchev–Trinajstić information content (AvgIpc) is 2.37. The second-order valence-corrected chi connectivity index (χ2v) is 5.97. The van der Waals surface area contributed by atoms with Crippen molar-refractivity contribution < 1.29 is 13.2 Å². The van der Waals surface area contributed by atoms with Gasteiger partial charge in [0, 0.05) is 15.5 Å². The van der Waals surface area contributed by atoms with Gasteiger partial charge in [0.1, 0.15) is 0 Å². The number of rotatable bonds is 3. The summed E-state index contributed by atoms with van der Waals surface area (Å²) >= 11 is 9.22. The van der Waals surface area contributed by atoms with Crippen LogP contribution in [0.5, 0.6) is 0 Å². The van der Waals surface area contributed by atoms with Crippen molar-refractivity contribution in [2.45, 2.75) is 18.6 Å². The van der Waals surface area contributed by atoms with Crippen LogP contribution in [0.3, 0.4) is 0 Å². The Bertz CT molecular complexity index is 643. The highest BCUT2D eigenvalue weighted by Crippen LogP contribution is 2.31. The van der Waals surface area contributed by atoms with E-state index in [0.29, 0.717) is 17.0 Å². The second kappa shape index (κ2) is 6.38. The summed E-state index contributed by atoms with van der Waals surface area (Å²) in [6, 6.07) is 9.97. The van der Waals surface area contributed by atoms with Crippen LogP contribution < -0.4 is 5.73 Å². The van der Waals surface area contributed by atoms with E-state index in [0.717, 1.165) is 22.2 Å². The predicted molar refractivity (Wildman–Crippen MR) is 81.2 cm³/mol. The Morgan fingerprint density at radius 1 is 1.14 bits per heavy atom. The normalized spacial score (nSPS) is 13.2. The maximum Gasteiger partial charge on any atom is 0.416 e. The number of hydrogen-bond donors (Lipinski definition) is 1. The van der Waals surface area contributed by atoms with Crippen LogP contribution in [0, 0.1) is 0 Å². The van der Waals surface area contributed by atoms with Gasteiger partial charge in [0.2, 0.25) is 0 Å². The molecule has 2 aromatic carbocycles. The molecule has 0 radical (unpaired) electrons. The minimum atomic E-state index is -4.35. The average molecular weight is 379 g/mol. The lowest BCUT2D eigenvalue weighted by Crippen LogP contribution is -2.14. The Kier molecular flexibility index (Phi) is 4.96. The Balaban J connectivity index is 2.21. The first kappa shape index (κ1) is 16.3. The zero-order valence-electron chi connectivity index (χ0n) is 10.8. The van der Waals surface area contributed by atoms with Crippen LogP contribution in [0.2, 0.25) is 5.02 Å². The van der Waals surface area contributed by atoms with Gasteiger partial charge in [0.15, 0.2) is 0 Å². The topological polar surface area (TPSA) is 26.0 Å².